The molecule has 7 nitrogen and oxygen atoms in total. The van der Waals surface area contributed by atoms with Crippen LogP contribution in [0.25, 0.3) is 33.4 Å². The third kappa shape index (κ3) is 3.87. The topological polar surface area (TPSA) is 96.7 Å². The van der Waals surface area contributed by atoms with Gasteiger partial charge in [0.15, 0.2) is 0 Å². The molecule has 7 heteroatoms. The summed E-state index contributed by atoms with van der Waals surface area (Å²) in [4.78, 5) is 11.9. The lowest BCUT2D eigenvalue weighted by molar-refractivity contribution is -0.139. The smallest absolute Gasteiger partial charge is 0.330 e. The summed E-state index contributed by atoms with van der Waals surface area (Å²) >= 11 is 0. The van der Waals surface area contributed by atoms with Gasteiger partial charge in [-0.3, -0.25) is 0 Å². The molecule has 0 spiro atoms. The number of rotatable bonds is 8. The average molecular weight is 401 g/mol. The number of aromatic nitrogens is 5. The lowest BCUT2D eigenvalue weighted by Gasteiger charge is -2.13. The third-order valence-electron chi connectivity index (χ3n) is 5.14. The molecule has 2 aromatic heterocycles. The van der Waals surface area contributed by atoms with Gasteiger partial charge in [-0.1, -0.05) is 62.2 Å². The summed E-state index contributed by atoms with van der Waals surface area (Å²) in [7, 11) is 0. The summed E-state index contributed by atoms with van der Waals surface area (Å²) in [6, 6.07) is 15.1. The Morgan fingerprint density at radius 3 is 2.77 bits per heavy atom. The van der Waals surface area contributed by atoms with Crippen LogP contribution in [0.3, 0.4) is 0 Å². The van der Waals surface area contributed by atoms with Crippen molar-refractivity contribution in [1.82, 2.24) is 25.2 Å². The van der Waals surface area contributed by atoms with Gasteiger partial charge in [0, 0.05) is 22.7 Å². The highest BCUT2D eigenvalue weighted by atomic mass is 16.4. The first-order valence-electron chi connectivity index (χ1n) is 10.0. The number of aromatic amines is 1. The van der Waals surface area contributed by atoms with Crippen molar-refractivity contribution in [3.8, 4) is 22.5 Å². The van der Waals surface area contributed by atoms with Crippen LogP contribution in [0.15, 0.2) is 66.9 Å². The average Bonchev–Trinajstić information content (AvgIpc) is 3.43. The summed E-state index contributed by atoms with van der Waals surface area (Å²) < 4.78 is 1.80. The van der Waals surface area contributed by atoms with Gasteiger partial charge in [-0.2, -0.15) is 5.21 Å². The van der Waals surface area contributed by atoms with Crippen molar-refractivity contribution in [3.05, 3.63) is 66.9 Å². The molecule has 2 N–H and O–H groups in total. The van der Waals surface area contributed by atoms with Crippen LogP contribution in [0.4, 0.5) is 0 Å². The first-order chi connectivity index (χ1) is 14.7. The van der Waals surface area contributed by atoms with Crippen molar-refractivity contribution >= 4 is 16.9 Å². The summed E-state index contributed by atoms with van der Waals surface area (Å²) in [6.45, 7) is 2.12. The molecule has 0 saturated carbocycles. The fraction of sp³-hybridized carbons (Fsp3) is 0.217. The maximum absolute atomic E-state index is 11.9. The molecule has 1 atom stereocenters. The third-order valence-corrected chi connectivity index (χ3v) is 5.14. The molecule has 0 bridgehead atoms. The van der Waals surface area contributed by atoms with Gasteiger partial charge in [-0.25, -0.2) is 4.79 Å². The molecular weight excluding hydrogens is 378 g/mol. The lowest BCUT2D eigenvalue weighted by Crippen LogP contribution is -2.15. The van der Waals surface area contributed by atoms with Crippen LogP contribution < -0.4 is 0 Å². The molecule has 4 rings (SSSR count). The minimum Gasteiger partial charge on any atom is -0.479 e. The normalized spacial score (nSPS) is 12.6. The Balaban J connectivity index is 1.71. The molecular formula is C23H23N5O2. The lowest BCUT2D eigenvalue weighted by atomic mass is 9.98. The summed E-state index contributed by atoms with van der Waals surface area (Å²) in [6.07, 6.45) is 8.60. The Morgan fingerprint density at radius 1 is 1.20 bits per heavy atom. The summed E-state index contributed by atoms with van der Waals surface area (Å²) in [5.74, 6) is -0.335. The van der Waals surface area contributed by atoms with Gasteiger partial charge in [0.2, 0.25) is 5.82 Å². The number of carboxylic acids is 1. The Kier molecular flexibility index (Phi) is 5.70. The van der Waals surface area contributed by atoms with Crippen molar-refractivity contribution < 1.29 is 9.90 Å². The van der Waals surface area contributed by atoms with Gasteiger partial charge >= 0.3 is 5.97 Å². The van der Waals surface area contributed by atoms with E-state index in [0.29, 0.717) is 5.82 Å². The van der Waals surface area contributed by atoms with Crippen molar-refractivity contribution in [2.45, 2.75) is 32.2 Å². The molecule has 0 amide bonds. The van der Waals surface area contributed by atoms with Crippen LogP contribution in [-0.4, -0.2) is 36.3 Å². The molecule has 0 radical (unpaired) electrons. The number of hydrogen-bond donors (Lipinski definition) is 2. The largest absolute Gasteiger partial charge is 0.479 e. The van der Waals surface area contributed by atoms with E-state index in [1.165, 1.54) is 0 Å². The highest BCUT2D eigenvalue weighted by Gasteiger charge is 2.18. The molecule has 0 aliphatic heterocycles. The first-order valence-corrected chi connectivity index (χ1v) is 10.0. The summed E-state index contributed by atoms with van der Waals surface area (Å²) in [5, 5.41) is 25.1. The first kappa shape index (κ1) is 19.6. The monoisotopic (exact) mass is 401 g/mol. The van der Waals surface area contributed by atoms with E-state index in [0.717, 1.165) is 46.9 Å². The molecule has 152 valence electrons. The maximum atomic E-state index is 11.9. The molecule has 30 heavy (non-hydrogen) atoms. The van der Waals surface area contributed by atoms with E-state index in [9.17, 15) is 9.90 Å². The molecule has 2 heterocycles. The highest BCUT2D eigenvalue weighted by Crippen LogP contribution is 2.32. The molecule has 1 unspecified atom stereocenters. The minimum absolute atomic E-state index is 0.534. The van der Waals surface area contributed by atoms with E-state index in [2.05, 4.69) is 33.6 Å². The number of allylic oxidation sites excluding steroid dienone is 1. The Hall–Kier alpha value is -3.74. The van der Waals surface area contributed by atoms with Crippen molar-refractivity contribution in [2.24, 2.45) is 0 Å². The zero-order valence-corrected chi connectivity index (χ0v) is 16.7. The molecule has 2 aromatic carbocycles. The second-order valence-corrected chi connectivity index (χ2v) is 7.13. The van der Waals surface area contributed by atoms with Gasteiger partial charge in [0.1, 0.15) is 6.04 Å². The van der Waals surface area contributed by atoms with Gasteiger partial charge in [0.25, 0.3) is 0 Å². The number of nitrogens with one attached hydrogen (secondary N) is 1. The number of nitrogens with zero attached hydrogens (tertiary/aromatic N) is 4. The zero-order chi connectivity index (χ0) is 20.9. The number of H-pyrrole nitrogens is 1. The molecule has 0 fully saturated rings. The van der Waals surface area contributed by atoms with E-state index in [-0.39, 0.29) is 0 Å². The number of carboxylic acid groups (broad SMARTS) is 1. The van der Waals surface area contributed by atoms with Crippen molar-refractivity contribution in [1.29, 1.82) is 0 Å². The Labute approximate surface area is 174 Å². The van der Waals surface area contributed by atoms with Crippen LogP contribution >= 0.6 is 0 Å². The zero-order valence-electron chi connectivity index (χ0n) is 16.7. The van der Waals surface area contributed by atoms with Gasteiger partial charge in [-0.05, 0) is 41.0 Å². The summed E-state index contributed by atoms with van der Waals surface area (Å²) in [5.41, 5.74) is 3.75. The van der Waals surface area contributed by atoms with E-state index in [1.54, 1.807) is 10.6 Å². The van der Waals surface area contributed by atoms with E-state index < -0.39 is 12.0 Å². The van der Waals surface area contributed by atoms with Gasteiger partial charge in [0.05, 0.1) is 0 Å². The highest BCUT2D eigenvalue weighted by molar-refractivity contribution is 5.90. The van der Waals surface area contributed by atoms with Gasteiger partial charge in [-0.15, -0.1) is 10.2 Å². The number of benzene rings is 2. The van der Waals surface area contributed by atoms with E-state index >= 15 is 0 Å². The number of aliphatic carboxylic acids is 1. The molecule has 0 aliphatic carbocycles. The number of unbranched alkanes of at least 4 members (excludes halogenated alkanes) is 2. The fourth-order valence-corrected chi connectivity index (χ4v) is 3.62. The Morgan fingerprint density at radius 2 is 2.03 bits per heavy atom. The molecule has 0 saturated heterocycles. The second-order valence-electron chi connectivity index (χ2n) is 7.13. The minimum atomic E-state index is -0.869. The predicted octanol–water partition coefficient (Wildman–Crippen LogP) is 4.86. The number of hydrogen-bond acceptors (Lipinski definition) is 4. The van der Waals surface area contributed by atoms with Crippen LogP contribution in [0.2, 0.25) is 0 Å². The molecule has 0 aliphatic rings. The standard InChI is InChI=1S/C23H23N5O2/c1-2-3-4-5-10-21(23(29)30)28-14-13-17-15-16(11-12-20(17)28)18-8-6-7-9-19(18)22-24-26-27-25-22/h5-15,21H,2-4H2,1H3,(H,29,30)(H,24,25,26,27). The van der Waals surface area contributed by atoms with E-state index in [4.69, 9.17) is 0 Å². The van der Waals surface area contributed by atoms with Crippen LogP contribution in [0.1, 0.15) is 32.2 Å². The molecule has 4 aromatic rings. The van der Waals surface area contributed by atoms with Crippen LogP contribution in [0, 0.1) is 0 Å². The number of fused-ring (bicyclic) bond motifs is 1. The van der Waals surface area contributed by atoms with Crippen molar-refractivity contribution in [3.63, 3.8) is 0 Å². The van der Waals surface area contributed by atoms with Crippen LogP contribution in [0.5, 0.6) is 0 Å². The SMILES string of the molecule is CCCCC=CC(C(=O)O)n1ccc2cc(-c3ccccc3-c3nn[nH]n3)ccc21. The predicted molar refractivity (Wildman–Crippen MR) is 116 cm³/mol. The van der Waals surface area contributed by atoms with Crippen molar-refractivity contribution in [2.75, 3.05) is 0 Å². The quantitative estimate of drug-likeness (QED) is 0.325. The van der Waals surface area contributed by atoms with E-state index in [1.807, 2.05) is 54.7 Å². The fourth-order valence-electron chi connectivity index (χ4n) is 3.62. The van der Waals surface area contributed by atoms with Crippen LogP contribution in [-0.2, 0) is 4.79 Å². The maximum Gasteiger partial charge on any atom is 0.330 e. The van der Waals surface area contributed by atoms with Gasteiger partial charge < -0.3 is 9.67 Å². The number of tetrazole rings is 1. The Bertz CT molecular complexity index is 1180. The number of carbonyl (C=O) groups is 1. The second kappa shape index (κ2) is 8.73.